The third-order valence-electron chi connectivity index (χ3n) is 3.85. The maximum atomic E-state index is 11.9. The van der Waals surface area contributed by atoms with E-state index in [1.807, 2.05) is 6.92 Å². The summed E-state index contributed by atoms with van der Waals surface area (Å²) in [6.45, 7) is 15.0. The molecule has 0 saturated heterocycles. The molecule has 0 bridgehead atoms. The third kappa shape index (κ3) is 11.4. The molecule has 0 spiro atoms. The van der Waals surface area contributed by atoms with Crippen LogP contribution in [-0.4, -0.2) is 30.6 Å². The van der Waals surface area contributed by atoms with Gasteiger partial charge in [0.15, 0.2) is 0 Å². The van der Waals surface area contributed by atoms with Crippen LogP contribution < -0.4 is 11.1 Å². The van der Waals surface area contributed by atoms with E-state index in [1.165, 1.54) is 5.57 Å². The van der Waals surface area contributed by atoms with Crippen LogP contribution >= 0.6 is 0 Å². The summed E-state index contributed by atoms with van der Waals surface area (Å²) in [6, 6.07) is -1.37. The Hall–Kier alpha value is -2.14. The van der Waals surface area contributed by atoms with Crippen LogP contribution in [0.4, 0.5) is 0 Å². The van der Waals surface area contributed by atoms with Gasteiger partial charge in [0.25, 0.3) is 0 Å². The molecule has 0 rings (SSSR count). The van der Waals surface area contributed by atoms with Crippen LogP contribution in [0.3, 0.4) is 0 Å². The minimum atomic E-state index is -0.711. The Morgan fingerprint density at radius 2 is 1.69 bits per heavy atom. The third-order valence-corrected chi connectivity index (χ3v) is 3.85. The van der Waals surface area contributed by atoms with Crippen molar-refractivity contribution < 1.29 is 14.3 Å². The van der Waals surface area contributed by atoms with E-state index in [-0.39, 0.29) is 12.5 Å². The Morgan fingerprint density at radius 1 is 1.12 bits per heavy atom. The first-order chi connectivity index (χ1) is 12.2. The van der Waals surface area contributed by atoms with Gasteiger partial charge in [0, 0.05) is 0 Å². The first-order valence-corrected chi connectivity index (χ1v) is 9.01. The fourth-order valence-corrected chi connectivity index (χ4v) is 2.03. The summed E-state index contributed by atoms with van der Waals surface area (Å²) in [5, 5.41) is 2.51. The normalized spacial score (nSPS) is 14.3. The molecule has 0 aromatic heterocycles. The Morgan fingerprint density at radius 3 is 2.27 bits per heavy atom. The van der Waals surface area contributed by atoms with Crippen LogP contribution in [0.2, 0.25) is 0 Å². The van der Waals surface area contributed by atoms with Gasteiger partial charge in [-0.1, -0.05) is 42.5 Å². The molecule has 0 aromatic carbocycles. The highest BCUT2D eigenvalue weighted by molar-refractivity contribution is 5.86. The van der Waals surface area contributed by atoms with Crippen molar-refractivity contribution in [2.24, 2.45) is 5.73 Å². The lowest BCUT2D eigenvalue weighted by Crippen LogP contribution is -2.46. The number of nitrogens with two attached hydrogens (primary N) is 1. The second kappa shape index (κ2) is 13.1. The van der Waals surface area contributed by atoms with Gasteiger partial charge in [-0.3, -0.25) is 4.79 Å². The number of ether oxygens (including phenoxy) is 1. The molecule has 0 aliphatic carbocycles. The fraction of sp³-hybridized carbons (Fsp3) is 0.524. The van der Waals surface area contributed by atoms with E-state index >= 15 is 0 Å². The molecule has 5 nitrogen and oxygen atoms in total. The van der Waals surface area contributed by atoms with Crippen LogP contribution in [0.5, 0.6) is 0 Å². The highest BCUT2D eigenvalue weighted by atomic mass is 16.5. The molecule has 0 fully saturated rings. The number of rotatable bonds is 12. The second-order valence-corrected chi connectivity index (χ2v) is 6.67. The highest BCUT2D eigenvalue weighted by Gasteiger charge is 2.18. The number of hydrogen-bond donors (Lipinski definition) is 2. The summed E-state index contributed by atoms with van der Waals surface area (Å²) in [6.07, 6.45) is 9.85. The molecule has 0 saturated carbocycles. The van der Waals surface area contributed by atoms with E-state index in [2.05, 4.69) is 37.6 Å². The second-order valence-electron chi connectivity index (χ2n) is 6.67. The maximum Gasteiger partial charge on any atom is 0.328 e. The van der Waals surface area contributed by atoms with Crippen molar-refractivity contribution >= 4 is 11.9 Å². The van der Waals surface area contributed by atoms with Crippen molar-refractivity contribution in [2.75, 3.05) is 6.61 Å². The summed E-state index contributed by atoms with van der Waals surface area (Å²) in [4.78, 5) is 23.3. The number of carbonyl (C=O) groups is 2. The van der Waals surface area contributed by atoms with Crippen LogP contribution in [-0.2, 0) is 14.3 Å². The molecule has 2 atom stereocenters. The molecule has 26 heavy (non-hydrogen) atoms. The molecule has 0 heterocycles. The van der Waals surface area contributed by atoms with Crippen molar-refractivity contribution in [3.63, 3.8) is 0 Å². The Kier molecular flexibility index (Phi) is 12.0. The Labute approximate surface area is 158 Å². The first kappa shape index (κ1) is 23.9. The smallest absolute Gasteiger partial charge is 0.328 e. The maximum absolute atomic E-state index is 11.9. The molecule has 0 aromatic rings. The monoisotopic (exact) mass is 362 g/mol. The molecule has 1 amide bonds. The van der Waals surface area contributed by atoms with E-state index in [0.717, 1.165) is 36.8 Å². The Balaban J connectivity index is 4.15. The summed E-state index contributed by atoms with van der Waals surface area (Å²) < 4.78 is 5.21. The van der Waals surface area contributed by atoms with Gasteiger partial charge in [0.1, 0.15) is 12.6 Å². The molecule has 0 aliphatic heterocycles. The predicted octanol–water partition coefficient (Wildman–Crippen LogP) is 3.58. The number of nitrogens with one attached hydrogen (secondary N) is 1. The van der Waals surface area contributed by atoms with E-state index in [1.54, 1.807) is 19.9 Å². The summed E-state index contributed by atoms with van der Waals surface area (Å²) in [5.41, 5.74) is 8.82. The van der Waals surface area contributed by atoms with Gasteiger partial charge >= 0.3 is 5.97 Å². The minimum absolute atomic E-state index is 0.221. The van der Waals surface area contributed by atoms with Gasteiger partial charge in [0.05, 0.1) is 6.04 Å². The summed E-state index contributed by atoms with van der Waals surface area (Å²) >= 11 is 0. The lowest BCUT2D eigenvalue weighted by Gasteiger charge is -2.15. The van der Waals surface area contributed by atoms with Crippen LogP contribution in [0.25, 0.3) is 0 Å². The van der Waals surface area contributed by atoms with E-state index in [4.69, 9.17) is 10.5 Å². The fourth-order valence-electron chi connectivity index (χ4n) is 2.03. The van der Waals surface area contributed by atoms with Gasteiger partial charge < -0.3 is 15.8 Å². The lowest BCUT2D eigenvalue weighted by atomic mass is 10.1. The zero-order valence-corrected chi connectivity index (χ0v) is 16.6. The number of allylic oxidation sites excluding steroid dienone is 5. The molecular formula is C21H34N2O3. The standard InChI is InChI=1S/C21H34N2O3/c1-7-15(2)10-8-11-16(3)12-9-13-17(4)14-26-21(25)19(6)23-20(24)18(5)22/h7,11,13,18-19H,1-2,8-10,12,14,22H2,3-6H3,(H,23,24)/t18-,19-/m0/s1. The average molecular weight is 363 g/mol. The summed E-state index contributed by atoms with van der Waals surface area (Å²) in [5.74, 6) is -0.842. The molecule has 3 N–H and O–H groups in total. The first-order valence-electron chi connectivity index (χ1n) is 9.01. The molecule has 5 heteroatoms. The molecule has 0 unspecified atom stereocenters. The van der Waals surface area contributed by atoms with Crippen molar-refractivity contribution in [3.8, 4) is 0 Å². The number of esters is 1. The van der Waals surface area contributed by atoms with Crippen molar-refractivity contribution in [1.82, 2.24) is 5.32 Å². The molecule has 146 valence electrons. The van der Waals surface area contributed by atoms with E-state index in [9.17, 15) is 9.59 Å². The van der Waals surface area contributed by atoms with Gasteiger partial charge in [-0.2, -0.15) is 0 Å². The molecular weight excluding hydrogens is 328 g/mol. The lowest BCUT2D eigenvalue weighted by molar-refractivity contribution is -0.146. The molecule has 0 radical (unpaired) electrons. The van der Waals surface area contributed by atoms with Crippen LogP contribution in [0.1, 0.15) is 53.4 Å². The van der Waals surface area contributed by atoms with Crippen molar-refractivity contribution in [2.45, 2.75) is 65.5 Å². The van der Waals surface area contributed by atoms with Gasteiger partial charge in [-0.15, -0.1) is 0 Å². The van der Waals surface area contributed by atoms with Crippen molar-refractivity contribution in [3.05, 3.63) is 48.1 Å². The Bertz CT molecular complexity index is 560. The van der Waals surface area contributed by atoms with E-state index in [0.29, 0.717) is 0 Å². The average Bonchev–Trinajstić information content (AvgIpc) is 2.59. The topological polar surface area (TPSA) is 81.4 Å². The number of carbonyl (C=O) groups excluding carboxylic acids is 2. The number of hydrogen-bond acceptors (Lipinski definition) is 4. The highest BCUT2D eigenvalue weighted by Crippen LogP contribution is 2.11. The van der Waals surface area contributed by atoms with Gasteiger partial charge in [0.2, 0.25) is 5.91 Å². The SMILES string of the molecule is C=CC(=C)CCC=C(C)CCC=C(C)COC(=O)[C@H](C)NC(=O)[C@H](C)N. The largest absolute Gasteiger partial charge is 0.460 e. The van der Waals surface area contributed by atoms with Crippen LogP contribution in [0.15, 0.2) is 48.1 Å². The van der Waals surface area contributed by atoms with Gasteiger partial charge in [-0.05, 0) is 59.0 Å². The quantitative estimate of drug-likeness (QED) is 0.316. The van der Waals surface area contributed by atoms with Gasteiger partial charge in [-0.25, -0.2) is 4.79 Å². The summed E-state index contributed by atoms with van der Waals surface area (Å²) in [7, 11) is 0. The minimum Gasteiger partial charge on any atom is -0.460 e. The van der Waals surface area contributed by atoms with E-state index < -0.39 is 18.1 Å². The zero-order valence-electron chi connectivity index (χ0n) is 16.6. The van der Waals surface area contributed by atoms with Crippen LogP contribution in [0, 0.1) is 0 Å². The zero-order chi connectivity index (χ0) is 20.1. The predicted molar refractivity (Wildman–Crippen MR) is 108 cm³/mol. The van der Waals surface area contributed by atoms with Crippen molar-refractivity contribution in [1.29, 1.82) is 0 Å². The molecule has 0 aliphatic rings. The number of amides is 1.